The molecule has 43 heavy (non-hydrogen) atoms. The summed E-state index contributed by atoms with van der Waals surface area (Å²) < 4.78 is 16.4. The Bertz CT molecular complexity index is 1800. The number of nitrogens with zero attached hydrogens (tertiary/aromatic N) is 2. The van der Waals surface area contributed by atoms with Crippen molar-refractivity contribution < 1.29 is 18.6 Å². The smallest absolute Gasteiger partial charge is 0.218 e. The number of pyridine rings is 2. The van der Waals surface area contributed by atoms with E-state index in [0.29, 0.717) is 26.4 Å². The second-order valence-corrected chi connectivity index (χ2v) is 10.9. The summed E-state index contributed by atoms with van der Waals surface area (Å²) in [6.07, 6.45) is 16.8. The minimum Gasteiger partial charge on any atom is -0.377 e. The van der Waals surface area contributed by atoms with Crippen LogP contribution in [-0.4, -0.2) is 19.8 Å². The summed E-state index contributed by atoms with van der Waals surface area (Å²) in [5.74, 6) is 0. The van der Waals surface area contributed by atoms with E-state index < -0.39 is 0 Å². The molecule has 0 N–H and O–H groups in total. The van der Waals surface area contributed by atoms with Crippen LogP contribution in [0.2, 0.25) is 0 Å². The van der Waals surface area contributed by atoms with Gasteiger partial charge in [0.25, 0.3) is 0 Å². The van der Waals surface area contributed by atoms with Crippen molar-refractivity contribution in [3.05, 3.63) is 156 Å². The molecule has 5 aromatic rings. The van der Waals surface area contributed by atoms with Crippen LogP contribution in [0.25, 0.3) is 34.1 Å². The highest BCUT2D eigenvalue weighted by Crippen LogP contribution is 2.22. The molecular weight excluding hydrogens is 528 g/mol. The van der Waals surface area contributed by atoms with Crippen LogP contribution in [0.15, 0.2) is 139 Å². The van der Waals surface area contributed by atoms with Gasteiger partial charge in [0, 0.05) is 48.6 Å². The Morgan fingerprint density at radius 2 is 1.47 bits per heavy atom. The van der Waals surface area contributed by atoms with Crippen molar-refractivity contribution in [2.24, 2.45) is 0 Å². The fourth-order valence-electron chi connectivity index (χ4n) is 5.55. The van der Waals surface area contributed by atoms with Crippen molar-refractivity contribution in [2.45, 2.75) is 26.0 Å². The van der Waals surface area contributed by atoms with E-state index in [9.17, 15) is 0 Å². The van der Waals surface area contributed by atoms with Gasteiger partial charge in [-0.05, 0) is 47.8 Å². The van der Waals surface area contributed by atoms with E-state index in [2.05, 4.69) is 144 Å². The van der Waals surface area contributed by atoms with E-state index in [1.807, 2.05) is 6.08 Å². The lowest BCUT2D eigenvalue weighted by Gasteiger charge is -2.10. The van der Waals surface area contributed by atoms with Gasteiger partial charge in [-0.1, -0.05) is 79.4 Å². The summed E-state index contributed by atoms with van der Waals surface area (Å²) in [6, 6.07) is 32.1. The standard InChI is InChI=1S/C39H38N2O2/c1-2-31-16-18-33(19-17-31)29-42-24-9-25-43-30-35-13-6-12-34(26-35)28-41-23-8-15-37-36-14-7-22-40(38(36)20-21-39(37)41)27-32-10-4-3-5-11-32/h2-8,10-11,13-23,26,28H,1,9,12,24-25,27,29-30H2/q+2. The Hall–Kier alpha value is -4.64. The molecule has 0 atom stereocenters. The molecule has 3 aromatic carbocycles. The Morgan fingerprint density at radius 3 is 2.28 bits per heavy atom. The van der Waals surface area contributed by atoms with Gasteiger partial charge in [0.1, 0.15) is 0 Å². The molecule has 1 aliphatic rings. The van der Waals surface area contributed by atoms with E-state index in [1.165, 1.54) is 44.1 Å². The van der Waals surface area contributed by atoms with E-state index >= 15 is 0 Å². The van der Waals surface area contributed by atoms with Crippen LogP contribution in [0.5, 0.6) is 0 Å². The fraction of sp³-hybridized carbons (Fsp3) is 0.179. The Morgan fingerprint density at radius 1 is 0.721 bits per heavy atom. The number of hydrogen-bond donors (Lipinski definition) is 0. The number of benzene rings is 3. The van der Waals surface area contributed by atoms with Gasteiger partial charge < -0.3 is 9.47 Å². The average Bonchev–Trinajstić information content (AvgIpc) is 3.05. The molecule has 6 rings (SSSR count). The molecule has 4 nitrogen and oxygen atoms in total. The number of aromatic nitrogens is 2. The van der Waals surface area contributed by atoms with Crippen LogP contribution in [0.1, 0.15) is 29.5 Å². The zero-order chi connectivity index (χ0) is 29.3. The van der Waals surface area contributed by atoms with Gasteiger partial charge in [-0.3, -0.25) is 0 Å². The van der Waals surface area contributed by atoms with Crippen molar-refractivity contribution in [3.8, 4) is 0 Å². The first-order valence-electron chi connectivity index (χ1n) is 15.0. The van der Waals surface area contributed by atoms with Gasteiger partial charge in [-0.15, -0.1) is 0 Å². The number of fused-ring (bicyclic) bond motifs is 3. The molecule has 0 spiro atoms. The second-order valence-electron chi connectivity index (χ2n) is 10.9. The molecule has 0 saturated heterocycles. The maximum absolute atomic E-state index is 5.98. The minimum atomic E-state index is 0.600. The van der Waals surface area contributed by atoms with Crippen molar-refractivity contribution in [2.75, 3.05) is 19.8 Å². The Balaban J connectivity index is 1.08. The highest BCUT2D eigenvalue weighted by Gasteiger charge is 2.17. The van der Waals surface area contributed by atoms with Crippen LogP contribution in [-0.2, 0) is 22.6 Å². The number of hydrogen-bond acceptors (Lipinski definition) is 2. The quantitative estimate of drug-likeness (QED) is 0.0883. The van der Waals surface area contributed by atoms with Gasteiger partial charge in [-0.2, -0.15) is 9.13 Å². The second kappa shape index (κ2) is 14.0. The molecule has 0 saturated carbocycles. The summed E-state index contributed by atoms with van der Waals surface area (Å²) in [7, 11) is 0. The summed E-state index contributed by atoms with van der Waals surface area (Å²) in [6.45, 7) is 7.22. The summed E-state index contributed by atoms with van der Waals surface area (Å²) >= 11 is 0. The first-order valence-corrected chi connectivity index (χ1v) is 15.0. The normalized spacial score (nSPS) is 14.0. The van der Waals surface area contributed by atoms with Gasteiger partial charge >= 0.3 is 0 Å². The summed E-state index contributed by atoms with van der Waals surface area (Å²) in [5, 5.41) is 2.50. The highest BCUT2D eigenvalue weighted by molar-refractivity contribution is 6.02. The van der Waals surface area contributed by atoms with Gasteiger partial charge in [0.2, 0.25) is 11.0 Å². The summed E-state index contributed by atoms with van der Waals surface area (Å²) in [5.41, 5.74) is 8.47. The third-order valence-electron chi connectivity index (χ3n) is 7.75. The lowest BCUT2D eigenvalue weighted by atomic mass is 10.0. The largest absolute Gasteiger partial charge is 0.377 e. The van der Waals surface area contributed by atoms with Gasteiger partial charge in [0.15, 0.2) is 25.1 Å². The minimum absolute atomic E-state index is 0.600. The molecular formula is C39H38N2O2+2. The lowest BCUT2D eigenvalue weighted by Crippen LogP contribution is -2.35. The van der Waals surface area contributed by atoms with Crippen LogP contribution < -0.4 is 9.13 Å². The maximum Gasteiger partial charge on any atom is 0.218 e. The molecule has 1 aliphatic carbocycles. The zero-order valence-electron chi connectivity index (χ0n) is 24.6. The number of ether oxygens (including phenoxy) is 2. The molecule has 0 bridgehead atoms. The van der Waals surface area contributed by atoms with Crippen LogP contribution in [0.4, 0.5) is 0 Å². The average molecular weight is 567 g/mol. The third kappa shape index (κ3) is 7.23. The predicted molar refractivity (Wildman–Crippen MR) is 175 cm³/mol. The van der Waals surface area contributed by atoms with Crippen LogP contribution in [0, 0.1) is 0 Å². The monoisotopic (exact) mass is 566 g/mol. The molecule has 0 radical (unpaired) electrons. The SMILES string of the molecule is C=Cc1ccc(COCCCOCC2=CC(=C[n+]3cccc4c5ccc[n+](Cc6ccccc6)c5ccc43)CC=C2)cc1. The van der Waals surface area contributed by atoms with Gasteiger partial charge in [-0.25, -0.2) is 0 Å². The number of allylic oxidation sites excluding steroid dienone is 3. The van der Waals surface area contributed by atoms with Gasteiger partial charge in [0.05, 0.1) is 24.0 Å². The van der Waals surface area contributed by atoms with Crippen molar-refractivity contribution in [1.82, 2.24) is 0 Å². The Labute approximate surface area is 254 Å². The topological polar surface area (TPSA) is 26.2 Å². The van der Waals surface area contributed by atoms with Crippen molar-refractivity contribution >= 4 is 34.1 Å². The molecule has 0 aliphatic heterocycles. The first kappa shape index (κ1) is 28.5. The summed E-state index contributed by atoms with van der Waals surface area (Å²) in [4.78, 5) is 0. The zero-order valence-corrected chi connectivity index (χ0v) is 24.6. The highest BCUT2D eigenvalue weighted by atomic mass is 16.5. The number of rotatable bonds is 12. The first-order chi connectivity index (χ1) is 21.3. The Kier molecular flexibility index (Phi) is 9.28. The molecule has 0 amide bonds. The predicted octanol–water partition coefficient (Wildman–Crippen LogP) is 7.61. The van der Waals surface area contributed by atoms with Crippen molar-refractivity contribution in [1.29, 1.82) is 0 Å². The molecule has 0 fully saturated rings. The van der Waals surface area contributed by atoms with E-state index in [4.69, 9.17) is 9.47 Å². The lowest BCUT2D eigenvalue weighted by molar-refractivity contribution is -0.662. The van der Waals surface area contributed by atoms with E-state index in [0.717, 1.165) is 24.9 Å². The van der Waals surface area contributed by atoms with Crippen LogP contribution >= 0.6 is 0 Å². The molecule has 4 heteroatoms. The molecule has 0 unspecified atom stereocenters. The van der Waals surface area contributed by atoms with Crippen molar-refractivity contribution in [3.63, 3.8) is 0 Å². The van der Waals surface area contributed by atoms with Crippen LogP contribution in [0.3, 0.4) is 0 Å². The molecule has 2 heterocycles. The van der Waals surface area contributed by atoms with E-state index in [-0.39, 0.29) is 0 Å². The van der Waals surface area contributed by atoms with E-state index in [1.54, 1.807) is 0 Å². The fourth-order valence-corrected chi connectivity index (χ4v) is 5.55. The third-order valence-corrected chi connectivity index (χ3v) is 7.75. The maximum atomic E-state index is 5.98. The molecule has 2 aromatic heterocycles. The molecule has 214 valence electrons.